The van der Waals surface area contributed by atoms with Crippen LogP contribution in [-0.4, -0.2) is 28.9 Å². The highest BCUT2D eigenvalue weighted by molar-refractivity contribution is 6.24. The Kier molecular flexibility index (Phi) is 2.15. The van der Waals surface area contributed by atoms with Gasteiger partial charge in [0.05, 0.1) is 5.39 Å². The highest BCUT2D eigenvalue weighted by Crippen LogP contribution is 2.48. The summed E-state index contributed by atoms with van der Waals surface area (Å²) in [6, 6.07) is 3.90. The van der Waals surface area contributed by atoms with Crippen LogP contribution < -0.4 is 4.90 Å². The molecule has 2 aromatic rings. The zero-order chi connectivity index (χ0) is 15.0. The third-order valence-electron chi connectivity index (χ3n) is 5.24. The Balaban J connectivity index is 1.66. The van der Waals surface area contributed by atoms with E-state index in [4.69, 9.17) is 4.42 Å². The molecule has 1 aliphatic carbocycles. The molecule has 5 nitrogen and oxygen atoms in total. The molecule has 3 aliphatic rings. The molecular formula is C16H13FN2O3. The third kappa shape index (κ3) is 1.28. The largest absolute Gasteiger partial charge is 0.462 e. The Labute approximate surface area is 125 Å². The average Bonchev–Trinajstić information content (AvgIpc) is 3.23. The fraction of sp³-hybridized carbons (Fsp3) is 0.375. The van der Waals surface area contributed by atoms with Crippen LogP contribution in [0, 0.1) is 11.7 Å². The lowest BCUT2D eigenvalue weighted by molar-refractivity contribution is -0.120. The van der Waals surface area contributed by atoms with Crippen molar-refractivity contribution in [2.45, 2.75) is 31.3 Å². The lowest BCUT2D eigenvalue weighted by Crippen LogP contribution is -2.40. The van der Waals surface area contributed by atoms with E-state index in [0.717, 1.165) is 24.2 Å². The van der Waals surface area contributed by atoms with Gasteiger partial charge in [-0.1, -0.05) is 6.07 Å². The second kappa shape index (κ2) is 3.88. The van der Waals surface area contributed by atoms with Crippen LogP contribution in [0.2, 0.25) is 0 Å². The summed E-state index contributed by atoms with van der Waals surface area (Å²) in [5.74, 6) is -0.491. The molecule has 1 aromatic heterocycles. The topological polar surface area (TPSA) is 53.8 Å². The van der Waals surface area contributed by atoms with Gasteiger partial charge in [0.25, 0.3) is 5.91 Å². The summed E-state index contributed by atoms with van der Waals surface area (Å²) >= 11 is 0. The molecule has 3 fully saturated rings. The fourth-order valence-corrected chi connectivity index (χ4v) is 4.34. The molecule has 22 heavy (non-hydrogen) atoms. The van der Waals surface area contributed by atoms with Crippen LogP contribution in [0.5, 0.6) is 0 Å². The van der Waals surface area contributed by atoms with Gasteiger partial charge >= 0.3 is 6.03 Å². The van der Waals surface area contributed by atoms with E-state index in [1.807, 2.05) is 0 Å². The molecule has 112 valence electrons. The smallest absolute Gasteiger partial charge is 0.332 e. The van der Waals surface area contributed by atoms with E-state index < -0.39 is 5.82 Å². The quantitative estimate of drug-likeness (QED) is 0.761. The number of furan rings is 1. The number of carbonyl (C=O) groups is 2. The van der Waals surface area contributed by atoms with Crippen molar-refractivity contribution in [2.24, 2.45) is 5.92 Å². The predicted molar refractivity (Wildman–Crippen MR) is 75.8 cm³/mol. The lowest BCUT2D eigenvalue weighted by Gasteiger charge is -2.25. The van der Waals surface area contributed by atoms with Crippen LogP contribution in [0.1, 0.15) is 19.3 Å². The molecule has 2 saturated heterocycles. The Morgan fingerprint density at radius 2 is 2.09 bits per heavy atom. The van der Waals surface area contributed by atoms with Gasteiger partial charge in [-0.2, -0.15) is 0 Å². The SMILES string of the molecule is O=C1C2C3CCC(C3)N2C(=O)N1c1coc2cccc(F)c12. The number of benzene rings is 1. The predicted octanol–water partition coefficient (Wildman–Crippen LogP) is 2.89. The minimum Gasteiger partial charge on any atom is -0.462 e. The normalized spacial score (nSPS) is 30.0. The number of imide groups is 1. The van der Waals surface area contributed by atoms with Gasteiger partial charge in [0.2, 0.25) is 0 Å². The zero-order valence-corrected chi connectivity index (χ0v) is 11.7. The van der Waals surface area contributed by atoms with E-state index in [1.54, 1.807) is 11.0 Å². The number of carbonyl (C=O) groups excluding carboxylic acids is 2. The van der Waals surface area contributed by atoms with E-state index in [0.29, 0.717) is 5.58 Å². The molecule has 5 rings (SSSR count). The first-order valence-corrected chi connectivity index (χ1v) is 7.49. The number of halogens is 1. The number of nitrogens with zero attached hydrogens (tertiary/aromatic N) is 2. The summed E-state index contributed by atoms with van der Waals surface area (Å²) < 4.78 is 19.4. The summed E-state index contributed by atoms with van der Waals surface area (Å²) in [4.78, 5) is 28.2. The Morgan fingerprint density at radius 3 is 2.91 bits per heavy atom. The minimum absolute atomic E-state index is 0.152. The van der Waals surface area contributed by atoms with Crippen molar-refractivity contribution >= 4 is 28.6 Å². The van der Waals surface area contributed by atoms with Crippen LogP contribution >= 0.6 is 0 Å². The van der Waals surface area contributed by atoms with Gasteiger partial charge < -0.3 is 9.32 Å². The molecule has 3 heterocycles. The molecule has 3 atom stereocenters. The van der Waals surface area contributed by atoms with Gasteiger partial charge in [-0.05, 0) is 37.3 Å². The summed E-state index contributed by atoms with van der Waals surface area (Å²) in [6.07, 6.45) is 4.15. The van der Waals surface area contributed by atoms with Gasteiger partial charge in [-0.15, -0.1) is 0 Å². The monoisotopic (exact) mass is 300 g/mol. The number of fused-ring (bicyclic) bond motifs is 6. The molecule has 0 radical (unpaired) electrons. The number of amides is 3. The van der Waals surface area contributed by atoms with Gasteiger partial charge in [0, 0.05) is 6.04 Å². The van der Waals surface area contributed by atoms with Crippen molar-refractivity contribution in [1.82, 2.24) is 4.90 Å². The first kappa shape index (κ1) is 12.2. The highest BCUT2D eigenvalue weighted by Gasteiger charge is 2.59. The van der Waals surface area contributed by atoms with E-state index in [2.05, 4.69) is 0 Å². The van der Waals surface area contributed by atoms with Gasteiger partial charge in [0.15, 0.2) is 0 Å². The molecule has 3 amide bonds. The van der Waals surface area contributed by atoms with Crippen molar-refractivity contribution in [3.63, 3.8) is 0 Å². The zero-order valence-electron chi connectivity index (χ0n) is 11.7. The third-order valence-corrected chi connectivity index (χ3v) is 5.24. The first-order valence-electron chi connectivity index (χ1n) is 7.49. The van der Waals surface area contributed by atoms with Crippen molar-refractivity contribution in [3.05, 3.63) is 30.3 Å². The molecule has 2 aliphatic heterocycles. The number of hydrogen-bond acceptors (Lipinski definition) is 3. The standard InChI is InChI=1S/C16H13FN2O3/c17-10-2-1-3-12-13(10)11(7-22-12)19-15(20)14-8-4-5-9(6-8)18(14)16(19)21/h1-3,7-9,14H,4-6H2. The number of anilines is 1. The second-order valence-electron chi connectivity index (χ2n) is 6.27. The van der Waals surface area contributed by atoms with Crippen LogP contribution in [-0.2, 0) is 4.79 Å². The molecule has 2 bridgehead atoms. The van der Waals surface area contributed by atoms with Gasteiger partial charge in [-0.3, -0.25) is 4.79 Å². The lowest BCUT2D eigenvalue weighted by atomic mass is 9.99. The number of hydrogen-bond donors (Lipinski definition) is 0. The van der Waals surface area contributed by atoms with E-state index in [1.165, 1.54) is 18.4 Å². The maximum Gasteiger partial charge on any atom is 0.332 e. The fourth-order valence-electron chi connectivity index (χ4n) is 4.34. The minimum atomic E-state index is -0.489. The molecular weight excluding hydrogens is 287 g/mol. The van der Waals surface area contributed by atoms with Crippen LogP contribution in [0.4, 0.5) is 14.9 Å². The van der Waals surface area contributed by atoms with Gasteiger partial charge in [0.1, 0.15) is 29.4 Å². The number of rotatable bonds is 1. The highest BCUT2D eigenvalue weighted by atomic mass is 19.1. The molecule has 0 N–H and O–H groups in total. The van der Waals surface area contributed by atoms with Crippen molar-refractivity contribution in [1.29, 1.82) is 0 Å². The van der Waals surface area contributed by atoms with Crippen LogP contribution in [0.25, 0.3) is 11.0 Å². The summed E-state index contributed by atoms with van der Waals surface area (Å²) in [5.41, 5.74) is 0.558. The summed E-state index contributed by atoms with van der Waals surface area (Å²) in [7, 11) is 0. The van der Waals surface area contributed by atoms with Crippen molar-refractivity contribution < 1.29 is 18.4 Å². The van der Waals surface area contributed by atoms with Crippen LogP contribution in [0.15, 0.2) is 28.9 Å². The van der Waals surface area contributed by atoms with Crippen molar-refractivity contribution in [2.75, 3.05) is 4.90 Å². The maximum absolute atomic E-state index is 14.1. The first-order chi connectivity index (χ1) is 10.7. The van der Waals surface area contributed by atoms with E-state index in [9.17, 15) is 14.0 Å². The van der Waals surface area contributed by atoms with E-state index >= 15 is 0 Å². The maximum atomic E-state index is 14.1. The van der Waals surface area contributed by atoms with Gasteiger partial charge in [-0.25, -0.2) is 14.1 Å². The van der Waals surface area contributed by atoms with Crippen LogP contribution in [0.3, 0.4) is 0 Å². The molecule has 1 saturated carbocycles. The Hall–Kier alpha value is -2.37. The molecule has 1 aromatic carbocycles. The Morgan fingerprint density at radius 1 is 1.23 bits per heavy atom. The number of urea groups is 1. The van der Waals surface area contributed by atoms with E-state index in [-0.39, 0.29) is 41.0 Å². The number of piperidine rings is 1. The molecule has 6 heteroatoms. The summed E-state index contributed by atoms with van der Waals surface area (Å²) in [6.45, 7) is 0. The second-order valence-corrected chi connectivity index (χ2v) is 6.27. The molecule has 0 spiro atoms. The Bertz CT molecular complexity index is 802. The summed E-state index contributed by atoms with van der Waals surface area (Å²) in [5, 5.41) is 0.192. The molecule has 3 unspecified atom stereocenters. The van der Waals surface area contributed by atoms with Crippen molar-refractivity contribution in [3.8, 4) is 0 Å². The average molecular weight is 300 g/mol.